The van der Waals surface area contributed by atoms with E-state index >= 15 is 0 Å². The van der Waals surface area contributed by atoms with E-state index in [1.54, 1.807) is 0 Å². The Labute approximate surface area is 112 Å². The average molecular weight is 251 g/mol. The fourth-order valence-corrected chi connectivity index (χ4v) is 4.12. The van der Waals surface area contributed by atoms with Crippen molar-refractivity contribution in [2.24, 2.45) is 23.5 Å². The molecule has 4 atom stereocenters. The molecule has 18 heavy (non-hydrogen) atoms. The van der Waals surface area contributed by atoms with Crippen LogP contribution in [-0.2, 0) is 4.79 Å². The van der Waals surface area contributed by atoms with Crippen LogP contribution < -0.4 is 5.73 Å². The topological polar surface area (TPSA) is 43.1 Å². The summed E-state index contributed by atoms with van der Waals surface area (Å²) in [5.41, 5.74) is 5.97. The van der Waals surface area contributed by atoms with Gasteiger partial charge in [0.15, 0.2) is 5.78 Å². The van der Waals surface area contributed by atoms with Crippen molar-refractivity contribution < 1.29 is 4.79 Å². The molecule has 2 saturated carbocycles. The summed E-state index contributed by atoms with van der Waals surface area (Å²) in [5, 5.41) is 0. The zero-order chi connectivity index (χ0) is 13.2. The summed E-state index contributed by atoms with van der Waals surface area (Å²) in [6, 6.07) is 0. The zero-order valence-electron chi connectivity index (χ0n) is 12.1. The van der Waals surface area contributed by atoms with E-state index in [0.29, 0.717) is 11.7 Å². The first kappa shape index (κ1) is 14.0. The molecule has 104 valence electrons. The molecule has 2 heteroatoms. The highest BCUT2D eigenvalue weighted by atomic mass is 16.1. The molecule has 2 rings (SSSR count). The summed E-state index contributed by atoms with van der Waals surface area (Å²) >= 11 is 0. The van der Waals surface area contributed by atoms with Gasteiger partial charge in [0, 0.05) is 5.92 Å². The van der Waals surface area contributed by atoms with E-state index in [2.05, 4.69) is 13.8 Å². The molecule has 0 spiro atoms. The molecule has 0 bridgehead atoms. The molecular formula is C16H29NO. The molecule has 0 radical (unpaired) electrons. The molecule has 2 N–H and O–H groups in total. The molecule has 2 fully saturated rings. The standard InChI is InChI=1S/C16H29NO/c1-3-13-7-4-8-14(10-13)15(18)16(17)9-5-6-12(2)11-16/h12-14H,3-11,17H2,1-2H3. The van der Waals surface area contributed by atoms with E-state index in [9.17, 15) is 4.79 Å². The Morgan fingerprint density at radius 3 is 2.72 bits per heavy atom. The van der Waals surface area contributed by atoms with Crippen molar-refractivity contribution in [1.29, 1.82) is 0 Å². The summed E-state index contributed by atoms with van der Waals surface area (Å²) in [4.78, 5) is 12.8. The lowest BCUT2D eigenvalue weighted by atomic mass is 9.68. The van der Waals surface area contributed by atoms with Crippen LogP contribution >= 0.6 is 0 Å². The van der Waals surface area contributed by atoms with Crippen molar-refractivity contribution in [1.82, 2.24) is 0 Å². The first-order chi connectivity index (χ1) is 8.55. The van der Waals surface area contributed by atoms with Crippen molar-refractivity contribution in [2.45, 2.75) is 77.2 Å². The Balaban J connectivity index is 2.01. The Bertz CT molecular complexity index is 301. The van der Waals surface area contributed by atoms with E-state index in [-0.39, 0.29) is 5.92 Å². The summed E-state index contributed by atoms with van der Waals surface area (Å²) in [5.74, 6) is 2.04. The minimum Gasteiger partial charge on any atom is -0.319 e. The highest BCUT2D eigenvalue weighted by Crippen LogP contribution is 2.38. The fraction of sp³-hybridized carbons (Fsp3) is 0.938. The van der Waals surface area contributed by atoms with Gasteiger partial charge >= 0.3 is 0 Å². The maximum Gasteiger partial charge on any atom is 0.155 e. The molecular weight excluding hydrogens is 222 g/mol. The molecule has 0 aliphatic heterocycles. The second kappa shape index (κ2) is 5.73. The van der Waals surface area contributed by atoms with E-state index in [4.69, 9.17) is 5.73 Å². The number of carbonyl (C=O) groups excluding carboxylic acids is 1. The third-order valence-corrected chi connectivity index (χ3v) is 5.25. The van der Waals surface area contributed by atoms with Crippen LogP contribution in [0.5, 0.6) is 0 Å². The van der Waals surface area contributed by atoms with Gasteiger partial charge in [-0.2, -0.15) is 0 Å². The predicted molar refractivity (Wildman–Crippen MR) is 75.3 cm³/mol. The van der Waals surface area contributed by atoms with Crippen molar-refractivity contribution >= 4 is 5.78 Å². The van der Waals surface area contributed by atoms with Crippen LogP contribution in [0.3, 0.4) is 0 Å². The fourth-order valence-electron chi connectivity index (χ4n) is 4.12. The van der Waals surface area contributed by atoms with Crippen LogP contribution in [0.2, 0.25) is 0 Å². The Morgan fingerprint density at radius 2 is 2.06 bits per heavy atom. The first-order valence-corrected chi connectivity index (χ1v) is 7.88. The summed E-state index contributed by atoms with van der Waals surface area (Å²) in [6.07, 6.45) is 10.2. The highest BCUT2D eigenvalue weighted by molar-refractivity contribution is 5.90. The lowest BCUT2D eigenvalue weighted by Crippen LogP contribution is -2.54. The zero-order valence-corrected chi connectivity index (χ0v) is 12.1. The van der Waals surface area contributed by atoms with Gasteiger partial charge in [-0.15, -0.1) is 0 Å². The first-order valence-electron chi connectivity index (χ1n) is 7.88. The van der Waals surface area contributed by atoms with Gasteiger partial charge in [0.25, 0.3) is 0 Å². The normalized spacial score (nSPS) is 41.6. The van der Waals surface area contributed by atoms with Crippen LogP contribution in [0.1, 0.15) is 71.6 Å². The monoisotopic (exact) mass is 251 g/mol. The summed E-state index contributed by atoms with van der Waals surface area (Å²) in [7, 11) is 0. The van der Waals surface area contributed by atoms with Crippen molar-refractivity contribution in [3.63, 3.8) is 0 Å². The molecule has 0 saturated heterocycles. The Hall–Kier alpha value is -0.370. The molecule has 0 amide bonds. The number of hydrogen-bond donors (Lipinski definition) is 1. The molecule has 2 nitrogen and oxygen atoms in total. The number of nitrogens with two attached hydrogens (primary N) is 1. The summed E-state index contributed by atoms with van der Waals surface area (Å²) in [6.45, 7) is 4.49. The average Bonchev–Trinajstić information content (AvgIpc) is 2.37. The van der Waals surface area contributed by atoms with Crippen LogP contribution in [0, 0.1) is 17.8 Å². The summed E-state index contributed by atoms with van der Waals surface area (Å²) < 4.78 is 0. The Morgan fingerprint density at radius 1 is 1.28 bits per heavy atom. The Kier molecular flexibility index (Phi) is 4.47. The molecule has 0 aromatic rings. The van der Waals surface area contributed by atoms with Gasteiger partial charge in [-0.3, -0.25) is 4.79 Å². The number of hydrogen-bond acceptors (Lipinski definition) is 2. The third-order valence-electron chi connectivity index (χ3n) is 5.25. The minimum absolute atomic E-state index is 0.263. The van der Waals surface area contributed by atoms with Crippen LogP contribution in [0.25, 0.3) is 0 Å². The highest BCUT2D eigenvalue weighted by Gasteiger charge is 2.42. The van der Waals surface area contributed by atoms with E-state index in [1.807, 2.05) is 0 Å². The molecule has 2 aliphatic carbocycles. The second-order valence-electron chi connectivity index (χ2n) is 6.86. The molecule has 0 heterocycles. The van der Waals surface area contributed by atoms with E-state index in [1.165, 1.54) is 25.7 Å². The number of ketones is 1. The minimum atomic E-state index is -0.488. The second-order valence-corrected chi connectivity index (χ2v) is 6.86. The molecule has 2 aliphatic rings. The van der Waals surface area contributed by atoms with Gasteiger partial charge < -0.3 is 5.73 Å². The SMILES string of the molecule is CCC1CCCC(C(=O)C2(N)CCCC(C)C2)C1. The van der Waals surface area contributed by atoms with Gasteiger partial charge in [0.05, 0.1) is 5.54 Å². The van der Waals surface area contributed by atoms with Gasteiger partial charge in [-0.25, -0.2) is 0 Å². The van der Waals surface area contributed by atoms with E-state index in [0.717, 1.165) is 38.0 Å². The third kappa shape index (κ3) is 2.96. The number of carbonyl (C=O) groups is 1. The van der Waals surface area contributed by atoms with Gasteiger partial charge in [0.1, 0.15) is 0 Å². The van der Waals surface area contributed by atoms with Crippen LogP contribution in [0.4, 0.5) is 0 Å². The van der Waals surface area contributed by atoms with Gasteiger partial charge in [-0.05, 0) is 37.5 Å². The van der Waals surface area contributed by atoms with Crippen LogP contribution in [-0.4, -0.2) is 11.3 Å². The number of Topliss-reactive ketones (excluding diaryl/α,β-unsaturated/α-hetero) is 1. The maximum atomic E-state index is 12.8. The lowest BCUT2D eigenvalue weighted by Gasteiger charge is -2.39. The largest absolute Gasteiger partial charge is 0.319 e. The van der Waals surface area contributed by atoms with Crippen molar-refractivity contribution in [3.8, 4) is 0 Å². The quantitative estimate of drug-likeness (QED) is 0.831. The predicted octanol–water partition coefficient (Wildman–Crippen LogP) is 3.68. The van der Waals surface area contributed by atoms with Gasteiger partial charge in [-0.1, -0.05) is 46.0 Å². The van der Waals surface area contributed by atoms with Gasteiger partial charge in [0.2, 0.25) is 0 Å². The van der Waals surface area contributed by atoms with Crippen LogP contribution in [0.15, 0.2) is 0 Å². The smallest absolute Gasteiger partial charge is 0.155 e. The van der Waals surface area contributed by atoms with Crippen molar-refractivity contribution in [3.05, 3.63) is 0 Å². The number of rotatable bonds is 3. The molecule has 0 aromatic heterocycles. The molecule has 4 unspecified atom stereocenters. The molecule has 0 aromatic carbocycles. The lowest BCUT2D eigenvalue weighted by molar-refractivity contribution is -0.131. The van der Waals surface area contributed by atoms with E-state index < -0.39 is 5.54 Å². The van der Waals surface area contributed by atoms with Crippen molar-refractivity contribution in [2.75, 3.05) is 0 Å². The maximum absolute atomic E-state index is 12.8.